The molecule has 1 aliphatic heterocycles. The Kier molecular flexibility index (Phi) is 3.60. The van der Waals surface area contributed by atoms with Gasteiger partial charge >= 0.3 is 0 Å². The van der Waals surface area contributed by atoms with E-state index < -0.39 is 0 Å². The number of rotatable bonds is 3. The first-order valence-corrected chi connectivity index (χ1v) is 7.54. The van der Waals surface area contributed by atoms with Crippen LogP contribution in [0.3, 0.4) is 0 Å². The van der Waals surface area contributed by atoms with Gasteiger partial charge in [-0.25, -0.2) is 0 Å². The minimum absolute atomic E-state index is 1.03. The number of allylic oxidation sites excluding steroid dienone is 1. The third kappa shape index (κ3) is 3.02. The number of hydrogen-bond donors (Lipinski definition) is 1. The summed E-state index contributed by atoms with van der Waals surface area (Å²) in [7, 11) is 0. The van der Waals surface area contributed by atoms with Crippen LogP contribution in [-0.4, -0.2) is 0 Å². The van der Waals surface area contributed by atoms with Crippen LogP contribution < -0.4 is 5.32 Å². The van der Waals surface area contributed by atoms with Crippen molar-refractivity contribution in [1.29, 1.82) is 0 Å². The molecule has 1 heterocycles. The first-order chi connectivity index (χ1) is 9.31. The Morgan fingerprint density at radius 2 is 1.89 bits per heavy atom. The number of aryl methyl sites for hydroxylation is 1. The van der Waals surface area contributed by atoms with Crippen molar-refractivity contribution in [1.82, 2.24) is 0 Å². The largest absolute Gasteiger partial charge is 0.359 e. The van der Waals surface area contributed by atoms with Gasteiger partial charge < -0.3 is 5.32 Å². The Bertz CT molecular complexity index is 589. The summed E-state index contributed by atoms with van der Waals surface area (Å²) in [5, 5.41) is 3.36. The third-order valence-electron chi connectivity index (χ3n) is 3.33. The molecule has 0 atom stereocenters. The Balaban J connectivity index is 1.71. The van der Waals surface area contributed by atoms with E-state index in [1.54, 1.807) is 0 Å². The number of nitrogens with one attached hydrogen (secondary N) is 1. The zero-order chi connectivity index (χ0) is 13.1. The molecule has 0 radical (unpaired) electrons. The van der Waals surface area contributed by atoms with Gasteiger partial charge in [0.25, 0.3) is 0 Å². The van der Waals surface area contributed by atoms with Gasteiger partial charge in [-0.2, -0.15) is 0 Å². The molecular weight excluding hydrogens is 250 g/mol. The summed E-state index contributed by atoms with van der Waals surface area (Å²) in [5.41, 5.74) is 5.12. The van der Waals surface area contributed by atoms with Crippen molar-refractivity contribution in [3.05, 3.63) is 71.9 Å². The lowest BCUT2D eigenvalue weighted by Crippen LogP contribution is -2.08. The molecule has 0 spiro atoms. The molecule has 2 aromatic carbocycles. The summed E-state index contributed by atoms with van der Waals surface area (Å²) in [5.74, 6) is 1.03. The minimum Gasteiger partial charge on any atom is -0.359 e. The molecule has 19 heavy (non-hydrogen) atoms. The minimum atomic E-state index is 1.03. The lowest BCUT2D eigenvalue weighted by molar-refractivity contribution is 0.914. The predicted molar refractivity (Wildman–Crippen MR) is 83.5 cm³/mol. The lowest BCUT2D eigenvalue weighted by atomic mass is 10.0. The second kappa shape index (κ2) is 5.54. The van der Waals surface area contributed by atoms with Gasteiger partial charge in [-0.3, -0.25) is 0 Å². The van der Waals surface area contributed by atoms with Crippen LogP contribution in [0.4, 0.5) is 5.69 Å². The van der Waals surface area contributed by atoms with Gasteiger partial charge in [-0.15, -0.1) is 11.8 Å². The summed E-state index contributed by atoms with van der Waals surface area (Å²) in [6.45, 7) is 4.00. The van der Waals surface area contributed by atoms with Gasteiger partial charge in [0.1, 0.15) is 0 Å². The van der Waals surface area contributed by atoms with Crippen molar-refractivity contribution in [3.8, 4) is 0 Å². The van der Waals surface area contributed by atoms with E-state index in [1.165, 1.54) is 21.7 Å². The first-order valence-electron chi connectivity index (χ1n) is 6.56. The molecule has 1 N–H and O–H groups in total. The first kappa shape index (κ1) is 12.4. The number of hydrogen-bond acceptors (Lipinski definition) is 2. The third-order valence-corrected chi connectivity index (χ3v) is 4.40. The maximum Gasteiger partial charge on any atom is 0.0415 e. The van der Waals surface area contributed by atoms with Gasteiger partial charge in [-0.05, 0) is 42.2 Å². The standard InChI is InChI=1S/C17H17NS/c1-13-7-8-15-11-16(9-10-17(15)18-13)19-12-14-5-3-2-4-6-14/h2-6,9-11,18H,1,7-8,12H2. The van der Waals surface area contributed by atoms with E-state index in [0.717, 1.165) is 24.3 Å². The summed E-state index contributed by atoms with van der Waals surface area (Å²) < 4.78 is 0. The maximum atomic E-state index is 4.00. The van der Waals surface area contributed by atoms with Crippen LogP contribution in [0.5, 0.6) is 0 Å². The molecule has 0 unspecified atom stereocenters. The molecule has 0 aromatic heterocycles. The van der Waals surface area contributed by atoms with Crippen LogP contribution in [-0.2, 0) is 12.2 Å². The highest BCUT2D eigenvalue weighted by Gasteiger charge is 2.11. The van der Waals surface area contributed by atoms with E-state index >= 15 is 0 Å². The van der Waals surface area contributed by atoms with Crippen LogP contribution in [0, 0.1) is 0 Å². The summed E-state index contributed by atoms with van der Waals surface area (Å²) >= 11 is 1.90. The second-order valence-electron chi connectivity index (χ2n) is 4.82. The number of benzene rings is 2. The van der Waals surface area contributed by atoms with Crippen molar-refractivity contribution in [2.75, 3.05) is 5.32 Å². The second-order valence-corrected chi connectivity index (χ2v) is 5.87. The Labute approximate surface area is 118 Å². The van der Waals surface area contributed by atoms with Gasteiger partial charge in [0.05, 0.1) is 0 Å². The average molecular weight is 267 g/mol. The van der Waals surface area contributed by atoms with Gasteiger partial charge in [0, 0.05) is 22.0 Å². The predicted octanol–water partition coefficient (Wildman–Crippen LogP) is 4.85. The van der Waals surface area contributed by atoms with E-state index in [0.29, 0.717) is 0 Å². The molecule has 0 saturated carbocycles. The van der Waals surface area contributed by atoms with Crippen molar-refractivity contribution >= 4 is 17.4 Å². The van der Waals surface area contributed by atoms with E-state index in [4.69, 9.17) is 0 Å². The number of thioether (sulfide) groups is 1. The molecule has 96 valence electrons. The molecule has 2 heteroatoms. The molecular formula is C17H17NS. The molecule has 2 aromatic rings. The Morgan fingerprint density at radius 3 is 2.74 bits per heavy atom. The maximum absolute atomic E-state index is 4.00. The fourth-order valence-corrected chi connectivity index (χ4v) is 3.18. The molecule has 0 bridgehead atoms. The molecule has 0 amide bonds. The monoisotopic (exact) mass is 267 g/mol. The molecule has 1 nitrogen and oxygen atoms in total. The number of anilines is 1. The van der Waals surface area contributed by atoms with Crippen molar-refractivity contribution < 1.29 is 0 Å². The lowest BCUT2D eigenvalue weighted by Gasteiger charge is -2.20. The Morgan fingerprint density at radius 1 is 1.05 bits per heavy atom. The van der Waals surface area contributed by atoms with Crippen LogP contribution in [0.15, 0.2) is 65.7 Å². The highest BCUT2D eigenvalue weighted by Crippen LogP contribution is 2.31. The molecule has 3 rings (SSSR count). The van der Waals surface area contributed by atoms with Crippen LogP contribution >= 0.6 is 11.8 Å². The SMILES string of the molecule is C=C1CCc2cc(SCc3ccccc3)ccc2N1. The van der Waals surface area contributed by atoms with E-state index in [1.807, 2.05) is 11.8 Å². The summed E-state index contributed by atoms with van der Waals surface area (Å²) in [4.78, 5) is 1.34. The van der Waals surface area contributed by atoms with Crippen molar-refractivity contribution in [2.24, 2.45) is 0 Å². The van der Waals surface area contributed by atoms with E-state index in [2.05, 4.69) is 60.4 Å². The van der Waals surface area contributed by atoms with Gasteiger partial charge in [0.15, 0.2) is 0 Å². The van der Waals surface area contributed by atoms with E-state index in [9.17, 15) is 0 Å². The molecule has 0 saturated heterocycles. The number of fused-ring (bicyclic) bond motifs is 1. The highest BCUT2D eigenvalue weighted by atomic mass is 32.2. The van der Waals surface area contributed by atoms with Crippen LogP contribution in [0.2, 0.25) is 0 Å². The average Bonchev–Trinajstić information content (AvgIpc) is 2.46. The fraction of sp³-hybridized carbons (Fsp3) is 0.176. The smallest absolute Gasteiger partial charge is 0.0415 e. The van der Waals surface area contributed by atoms with Crippen LogP contribution in [0.25, 0.3) is 0 Å². The Hall–Kier alpha value is -1.67. The molecule has 0 aliphatic carbocycles. The molecule has 0 fully saturated rings. The van der Waals surface area contributed by atoms with Crippen molar-refractivity contribution in [3.63, 3.8) is 0 Å². The highest BCUT2D eigenvalue weighted by molar-refractivity contribution is 7.98. The van der Waals surface area contributed by atoms with Crippen LogP contribution in [0.1, 0.15) is 17.5 Å². The normalized spacial score (nSPS) is 13.8. The fourth-order valence-electron chi connectivity index (χ4n) is 2.27. The zero-order valence-corrected chi connectivity index (χ0v) is 11.7. The quantitative estimate of drug-likeness (QED) is 0.798. The van der Waals surface area contributed by atoms with Gasteiger partial charge in [-0.1, -0.05) is 36.9 Å². The topological polar surface area (TPSA) is 12.0 Å². The van der Waals surface area contributed by atoms with Crippen molar-refractivity contribution in [2.45, 2.75) is 23.5 Å². The summed E-state index contributed by atoms with van der Waals surface area (Å²) in [6, 6.07) is 17.3. The van der Waals surface area contributed by atoms with E-state index in [-0.39, 0.29) is 0 Å². The molecule has 1 aliphatic rings. The van der Waals surface area contributed by atoms with Gasteiger partial charge in [0.2, 0.25) is 0 Å². The summed E-state index contributed by atoms with van der Waals surface area (Å²) in [6.07, 6.45) is 2.14. The zero-order valence-electron chi connectivity index (χ0n) is 10.9.